The van der Waals surface area contributed by atoms with Crippen molar-refractivity contribution in [1.82, 2.24) is 5.43 Å². The summed E-state index contributed by atoms with van der Waals surface area (Å²) in [6.45, 7) is 4.27. The highest BCUT2D eigenvalue weighted by molar-refractivity contribution is 6.40. The summed E-state index contributed by atoms with van der Waals surface area (Å²) in [6, 6.07) is 20.4. The number of hydrazone groups is 1. The van der Waals surface area contributed by atoms with Crippen LogP contribution in [0.1, 0.15) is 22.3 Å². The summed E-state index contributed by atoms with van der Waals surface area (Å²) in [6.07, 6.45) is 1.44. The molecule has 0 bridgehead atoms. The van der Waals surface area contributed by atoms with Crippen molar-refractivity contribution in [2.75, 3.05) is 5.32 Å². The zero-order valence-electron chi connectivity index (χ0n) is 17.2. The van der Waals surface area contributed by atoms with Crippen LogP contribution in [-0.2, 0) is 16.2 Å². The van der Waals surface area contributed by atoms with E-state index >= 15 is 0 Å². The number of nitrogens with one attached hydrogen (secondary N) is 2. The summed E-state index contributed by atoms with van der Waals surface area (Å²) in [5.41, 5.74) is 6.39. The van der Waals surface area contributed by atoms with Gasteiger partial charge in [-0.05, 0) is 66.9 Å². The van der Waals surface area contributed by atoms with E-state index in [1.165, 1.54) is 11.8 Å². The van der Waals surface area contributed by atoms with Gasteiger partial charge in [0, 0.05) is 10.7 Å². The van der Waals surface area contributed by atoms with Crippen molar-refractivity contribution in [3.8, 4) is 5.75 Å². The third-order valence-corrected chi connectivity index (χ3v) is 4.92. The highest BCUT2D eigenvalue weighted by atomic mass is 35.5. The molecule has 31 heavy (non-hydrogen) atoms. The SMILES string of the molecule is Cc1ccc(COc2ccc(/C=N\NC(=O)C(=O)Nc3cccc(Cl)c3C)cc2)cc1. The van der Waals surface area contributed by atoms with E-state index in [9.17, 15) is 9.59 Å². The van der Waals surface area contributed by atoms with Gasteiger partial charge >= 0.3 is 11.8 Å². The van der Waals surface area contributed by atoms with Crippen LogP contribution in [0.25, 0.3) is 0 Å². The van der Waals surface area contributed by atoms with Gasteiger partial charge in [-0.15, -0.1) is 0 Å². The Bertz CT molecular complexity index is 1090. The first-order valence-corrected chi connectivity index (χ1v) is 9.98. The normalized spacial score (nSPS) is 10.7. The van der Waals surface area contributed by atoms with E-state index < -0.39 is 11.8 Å². The van der Waals surface area contributed by atoms with Crippen LogP contribution in [0.15, 0.2) is 71.8 Å². The maximum Gasteiger partial charge on any atom is 0.329 e. The summed E-state index contributed by atoms with van der Waals surface area (Å²) in [5.74, 6) is -0.992. The van der Waals surface area contributed by atoms with E-state index in [-0.39, 0.29) is 0 Å². The van der Waals surface area contributed by atoms with E-state index in [1.54, 1.807) is 37.3 Å². The Morgan fingerprint density at radius 2 is 1.68 bits per heavy atom. The van der Waals surface area contributed by atoms with Crippen LogP contribution in [0.2, 0.25) is 5.02 Å². The van der Waals surface area contributed by atoms with Gasteiger partial charge in [-0.3, -0.25) is 9.59 Å². The number of benzene rings is 3. The Balaban J connectivity index is 1.48. The summed E-state index contributed by atoms with van der Waals surface area (Å²) >= 11 is 6.01. The fraction of sp³-hybridized carbons (Fsp3) is 0.125. The van der Waals surface area contributed by atoms with Crippen LogP contribution in [0.3, 0.4) is 0 Å². The first kappa shape index (κ1) is 22.1. The molecule has 2 N–H and O–H groups in total. The lowest BCUT2D eigenvalue weighted by molar-refractivity contribution is -0.136. The molecule has 0 fully saturated rings. The molecule has 0 heterocycles. The summed E-state index contributed by atoms with van der Waals surface area (Å²) in [7, 11) is 0. The van der Waals surface area contributed by atoms with Gasteiger partial charge in [-0.2, -0.15) is 5.10 Å². The monoisotopic (exact) mass is 435 g/mol. The topological polar surface area (TPSA) is 79.8 Å². The van der Waals surface area contributed by atoms with Gasteiger partial charge in [0.15, 0.2) is 0 Å². The van der Waals surface area contributed by atoms with Crippen LogP contribution in [0.5, 0.6) is 5.75 Å². The lowest BCUT2D eigenvalue weighted by Crippen LogP contribution is -2.32. The number of amides is 2. The Morgan fingerprint density at radius 3 is 2.39 bits per heavy atom. The minimum atomic E-state index is -0.881. The number of anilines is 1. The maximum absolute atomic E-state index is 12.0. The number of hydrogen-bond acceptors (Lipinski definition) is 4. The second-order valence-electron chi connectivity index (χ2n) is 6.91. The van der Waals surface area contributed by atoms with E-state index in [0.717, 1.165) is 16.9 Å². The molecule has 3 aromatic rings. The molecule has 6 nitrogen and oxygen atoms in total. The standard InChI is InChI=1S/C24H22ClN3O3/c1-16-6-8-19(9-7-16)15-31-20-12-10-18(11-13-20)14-26-28-24(30)23(29)27-22-5-3-4-21(25)17(22)2/h3-14H,15H2,1-2H3,(H,27,29)(H,28,30)/b26-14-. The van der Waals surface area contributed by atoms with Crippen molar-refractivity contribution in [1.29, 1.82) is 0 Å². The molecule has 0 aliphatic rings. The zero-order valence-corrected chi connectivity index (χ0v) is 17.9. The smallest absolute Gasteiger partial charge is 0.329 e. The van der Waals surface area contributed by atoms with Gasteiger partial charge in [0.2, 0.25) is 0 Å². The largest absolute Gasteiger partial charge is 0.489 e. The van der Waals surface area contributed by atoms with Crippen molar-refractivity contribution in [3.63, 3.8) is 0 Å². The second-order valence-corrected chi connectivity index (χ2v) is 7.32. The number of rotatable bonds is 6. The average molecular weight is 436 g/mol. The highest BCUT2D eigenvalue weighted by Crippen LogP contribution is 2.22. The van der Waals surface area contributed by atoms with E-state index in [0.29, 0.717) is 22.9 Å². The molecule has 3 rings (SSSR count). The molecule has 0 aliphatic carbocycles. The van der Waals surface area contributed by atoms with Crippen molar-refractivity contribution in [3.05, 3.63) is 94.0 Å². The molecule has 2 amide bonds. The second kappa shape index (κ2) is 10.4. The maximum atomic E-state index is 12.0. The summed E-state index contributed by atoms with van der Waals surface area (Å²) < 4.78 is 5.76. The fourth-order valence-corrected chi connectivity index (χ4v) is 2.81. The molecular formula is C24H22ClN3O3. The van der Waals surface area contributed by atoms with Gasteiger partial charge in [0.25, 0.3) is 0 Å². The van der Waals surface area contributed by atoms with Crippen molar-refractivity contribution in [2.45, 2.75) is 20.5 Å². The molecule has 0 radical (unpaired) electrons. The molecule has 158 valence electrons. The van der Waals surface area contributed by atoms with Gasteiger partial charge in [-0.1, -0.05) is 47.5 Å². The first-order valence-electron chi connectivity index (χ1n) is 9.60. The Labute approximate surface area is 185 Å². The summed E-state index contributed by atoms with van der Waals surface area (Å²) in [5, 5.41) is 6.84. The van der Waals surface area contributed by atoms with E-state index in [4.69, 9.17) is 16.3 Å². The van der Waals surface area contributed by atoms with Crippen LogP contribution >= 0.6 is 11.6 Å². The molecule has 3 aromatic carbocycles. The third kappa shape index (κ3) is 6.42. The quantitative estimate of drug-likeness (QED) is 0.336. The zero-order chi connectivity index (χ0) is 22.2. The average Bonchev–Trinajstić information content (AvgIpc) is 2.77. The number of hydrogen-bond donors (Lipinski definition) is 2. The number of aryl methyl sites for hydroxylation is 1. The minimum Gasteiger partial charge on any atom is -0.489 e. The number of carbonyl (C=O) groups excluding carboxylic acids is 2. The minimum absolute atomic E-state index is 0.470. The number of halogens is 1. The highest BCUT2D eigenvalue weighted by Gasteiger charge is 2.14. The fourth-order valence-electron chi connectivity index (χ4n) is 2.64. The van der Waals surface area contributed by atoms with E-state index in [1.807, 2.05) is 43.3 Å². The van der Waals surface area contributed by atoms with Crippen LogP contribution in [-0.4, -0.2) is 18.0 Å². The molecule has 7 heteroatoms. The summed E-state index contributed by atoms with van der Waals surface area (Å²) in [4.78, 5) is 24.0. The van der Waals surface area contributed by atoms with Gasteiger partial charge in [0.1, 0.15) is 12.4 Å². The van der Waals surface area contributed by atoms with Crippen molar-refractivity contribution >= 4 is 35.3 Å². The number of nitrogens with zero attached hydrogens (tertiary/aromatic N) is 1. The predicted octanol–water partition coefficient (Wildman–Crippen LogP) is 4.62. The molecule has 0 atom stereocenters. The Hall–Kier alpha value is -3.64. The molecule has 0 unspecified atom stereocenters. The molecule has 0 saturated heterocycles. The van der Waals surface area contributed by atoms with Gasteiger partial charge in [-0.25, -0.2) is 5.43 Å². The molecule has 0 aliphatic heterocycles. The molecule has 0 spiro atoms. The number of carbonyl (C=O) groups is 2. The van der Waals surface area contributed by atoms with E-state index in [2.05, 4.69) is 15.8 Å². The predicted molar refractivity (Wildman–Crippen MR) is 123 cm³/mol. The lowest BCUT2D eigenvalue weighted by Gasteiger charge is -2.08. The first-order chi connectivity index (χ1) is 14.9. The third-order valence-electron chi connectivity index (χ3n) is 4.51. The van der Waals surface area contributed by atoms with Crippen LogP contribution in [0.4, 0.5) is 5.69 Å². The van der Waals surface area contributed by atoms with Crippen LogP contribution < -0.4 is 15.5 Å². The van der Waals surface area contributed by atoms with Crippen LogP contribution in [0, 0.1) is 13.8 Å². The Morgan fingerprint density at radius 1 is 0.968 bits per heavy atom. The van der Waals surface area contributed by atoms with Crippen molar-refractivity contribution < 1.29 is 14.3 Å². The van der Waals surface area contributed by atoms with Gasteiger partial charge < -0.3 is 10.1 Å². The number of ether oxygens (including phenoxy) is 1. The molecule has 0 saturated carbocycles. The molecular weight excluding hydrogens is 414 g/mol. The van der Waals surface area contributed by atoms with Gasteiger partial charge in [0.05, 0.1) is 6.21 Å². The lowest BCUT2D eigenvalue weighted by atomic mass is 10.2. The molecule has 0 aromatic heterocycles. The Kier molecular flexibility index (Phi) is 7.40. The van der Waals surface area contributed by atoms with Crippen molar-refractivity contribution in [2.24, 2.45) is 5.10 Å².